The molecule has 0 aromatic heterocycles. The van der Waals surface area contributed by atoms with E-state index < -0.39 is 0 Å². The molecule has 0 saturated carbocycles. The molecule has 0 aliphatic carbocycles. The van der Waals surface area contributed by atoms with Crippen LogP contribution in [0.1, 0.15) is 13.8 Å². The highest BCUT2D eigenvalue weighted by atomic mass is 16.6. The van der Waals surface area contributed by atoms with Gasteiger partial charge >= 0.3 is 0 Å². The number of para-hydroxylation sites is 1. The van der Waals surface area contributed by atoms with Crippen LogP contribution >= 0.6 is 0 Å². The van der Waals surface area contributed by atoms with Gasteiger partial charge in [-0.2, -0.15) is 0 Å². The molecule has 2 rings (SSSR count). The Balaban J connectivity index is 2.04. The molecular formula is C11H14O2. The third-order valence-electron chi connectivity index (χ3n) is 2.23. The van der Waals surface area contributed by atoms with Gasteiger partial charge in [0.1, 0.15) is 17.5 Å². The van der Waals surface area contributed by atoms with E-state index in [4.69, 9.17) is 9.47 Å². The quantitative estimate of drug-likeness (QED) is 0.662. The zero-order chi connectivity index (χ0) is 9.31. The molecule has 1 atom stereocenters. The maximum atomic E-state index is 5.80. The molecule has 1 aromatic carbocycles. The van der Waals surface area contributed by atoms with Crippen molar-refractivity contribution in [3.05, 3.63) is 30.3 Å². The van der Waals surface area contributed by atoms with Crippen molar-refractivity contribution in [2.24, 2.45) is 0 Å². The van der Waals surface area contributed by atoms with Gasteiger partial charge in [0.25, 0.3) is 0 Å². The number of epoxide rings is 1. The van der Waals surface area contributed by atoms with E-state index in [0.29, 0.717) is 0 Å². The average molecular weight is 178 g/mol. The van der Waals surface area contributed by atoms with Crippen LogP contribution in [-0.2, 0) is 4.74 Å². The fourth-order valence-electron chi connectivity index (χ4n) is 1.31. The summed E-state index contributed by atoms with van der Waals surface area (Å²) in [5.41, 5.74) is -0.207. The van der Waals surface area contributed by atoms with Crippen molar-refractivity contribution in [3.63, 3.8) is 0 Å². The van der Waals surface area contributed by atoms with E-state index in [2.05, 4.69) is 13.8 Å². The highest BCUT2D eigenvalue weighted by Crippen LogP contribution is 2.29. The summed E-state index contributed by atoms with van der Waals surface area (Å²) in [6.07, 6.45) is 0.257. The number of hydrogen-bond acceptors (Lipinski definition) is 2. The van der Waals surface area contributed by atoms with Crippen LogP contribution in [0.25, 0.3) is 0 Å². The fourth-order valence-corrected chi connectivity index (χ4v) is 1.31. The molecule has 0 bridgehead atoms. The van der Waals surface area contributed by atoms with E-state index in [1.807, 2.05) is 30.3 Å². The molecule has 70 valence electrons. The lowest BCUT2D eigenvalue weighted by Crippen LogP contribution is -2.34. The number of benzene rings is 1. The highest BCUT2D eigenvalue weighted by Gasteiger charge is 2.41. The lowest BCUT2D eigenvalue weighted by molar-refractivity contribution is 0.0744. The minimum Gasteiger partial charge on any atom is -0.485 e. The monoisotopic (exact) mass is 178 g/mol. The van der Waals surface area contributed by atoms with E-state index in [0.717, 1.165) is 12.4 Å². The van der Waals surface area contributed by atoms with Crippen molar-refractivity contribution >= 4 is 0 Å². The van der Waals surface area contributed by atoms with Crippen molar-refractivity contribution in [3.8, 4) is 5.75 Å². The lowest BCUT2D eigenvalue weighted by atomic mass is 10.1. The van der Waals surface area contributed by atoms with Crippen molar-refractivity contribution in [1.82, 2.24) is 0 Å². The molecule has 1 saturated heterocycles. The Morgan fingerprint density at radius 2 is 1.92 bits per heavy atom. The normalized spacial score (nSPS) is 21.2. The Hall–Kier alpha value is -1.02. The second-order valence-corrected chi connectivity index (χ2v) is 3.84. The van der Waals surface area contributed by atoms with Crippen LogP contribution in [0.2, 0.25) is 0 Å². The second-order valence-electron chi connectivity index (χ2n) is 3.84. The zero-order valence-corrected chi connectivity index (χ0v) is 7.99. The van der Waals surface area contributed by atoms with Crippen molar-refractivity contribution in [2.75, 3.05) is 6.61 Å². The van der Waals surface area contributed by atoms with E-state index in [9.17, 15) is 0 Å². The summed E-state index contributed by atoms with van der Waals surface area (Å²) >= 11 is 0. The van der Waals surface area contributed by atoms with Gasteiger partial charge in [0.2, 0.25) is 0 Å². The molecule has 1 unspecified atom stereocenters. The summed E-state index contributed by atoms with van der Waals surface area (Å²) < 4.78 is 11.0. The summed E-state index contributed by atoms with van der Waals surface area (Å²) in [4.78, 5) is 0. The molecule has 1 aromatic rings. The van der Waals surface area contributed by atoms with E-state index in [-0.39, 0.29) is 11.7 Å². The third kappa shape index (κ3) is 2.01. The van der Waals surface area contributed by atoms with Gasteiger partial charge in [-0.3, -0.25) is 0 Å². The molecule has 0 amide bonds. The van der Waals surface area contributed by atoms with E-state index >= 15 is 0 Å². The lowest BCUT2D eigenvalue weighted by Gasteiger charge is -2.24. The van der Waals surface area contributed by atoms with Crippen molar-refractivity contribution in [1.29, 1.82) is 0 Å². The summed E-state index contributed by atoms with van der Waals surface area (Å²) in [5, 5.41) is 0. The smallest absolute Gasteiger partial charge is 0.132 e. The van der Waals surface area contributed by atoms with E-state index in [1.54, 1.807) is 0 Å². The van der Waals surface area contributed by atoms with Gasteiger partial charge in [0.15, 0.2) is 0 Å². The molecule has 0 spiro atoms. The van der Waals surface area contributed by atoms with Gasteiger partial charge in [-0.25, -0.2) is 0 Å². The summed E-state index contributed by atoms with van der Waals surface area (Å²) in [6, 6.07) is 9.85. The molecule has 1 fully saturated rings. The van der Waals surface area contributed by atoms with Crippen LogP contribution < -0.4 is 4.74 Å². The Morgan fingerprint density at radius 3 is 2.46 bits per heavy atom. The first-order valence-electron chi connectivity index (χ1n) is 4.54. The molecule has 2 heteroatoms. The maximum Gasteiger partial charge on any atom is 0.132 e. The summed E-state index contributed by atoms with van der Waals surface area (Å²) in [5.74, 6) is 0.906. The molecular weight excluding hydrogens is 164 g/mol. The average Bonchev–Trinajstić information content (AvgIpc) is 2.87. The number of ether oxygens (including phenoxy) is 2. The predicted molar refractivity (Wildman–Crippen MR) is 50.9 cm³/mol. The minimum atomic E-state index is -0.207. The van der Waals surface area contributed by atoms with Gasteiger partial charge in [-0.05, 0) is 26.0 Å². The van der Waals surface area contributed by atoms with Crippen LogP contribution in [0.15, 0.2) is 30.3 Å². The zero-order valence-electron chi connectivity index (χ0n) is 7.99. The fraction of sp³-hybridized carbons (Fsp3) is 0.455. The maximum absolute atomic E-state index is 5.80. The molecule has 2 nitrogen and oxygen atoms in total. The molecule has 1 aliphatic heterocycles. The Kier molecular flexibility index (Phi) is 2.00. The van der Waals surface area contributed by atoms with Crippen molar-refractivity contribution < 1.29 is 9.47 Å². The Bertz CT molecular complexity index is 275. The molecule has 0 N–H and O–H groups in total. The largest absolute Gasteiger partial charge is 0.485 e. The first-order chi connectivity index (χ1) is 6.18. The predicted octanol–water partition coefficient (Wildman–Crippen LogP) is 2.24. The molecule has 13 heavy (non-hydrogen) atoms. The first kappa shape index (κ1) is 8.57. The SMILES string of the molecule is CC(C)(Oc1ccccc1)C1CO1. The van der Waals surface area contributed by atoms with Gasteiger partial charge in [-0.15, -0.1) is 0 Å². The van der Waals surface area contributed by atoms with Crippen LogP contribution in [0, 0.1) is 0 Å². The molecule has 0 radical (unpaired) electrons. The number of rotatable bonds is 3. The minimum absolute atomic E-state index is 0.207. The Labute approximate surface area is 78.5 Å². The second kappa shape index (κ2) is 3.04. The highest BCUT2D eigenvalue weighted by molar-refractivity contribution is 5.22. The molecule has 1 aliphatic rings. The molecule has 1 heterocycles. The third-order valence-corrected chi connectivity index (χ3v) is 2.23. The summed E-state index contributed by atoms with van der Waals surface area (Å²) in [6.45, 7) is 4.93. The van der Waals surface area contributed by atoms with E-state index in [1.165, 1.54) is 0 Å². The van der Waals surface area contributed by atoms with Gasteiger partial charge in [0.05, 0.1) is 6.61 Å². The standard InChI is InChI=1S/C11H14O2/c1-11(2,10-8-12-10)13-9-6-4-3-5-7-9/h3-7,10H,8H2,1-2H3. The first-order valence-corrected chi connectivity index (χ1v) is 4.54. The summed E-state index contributed by atoms with van der Waals surface area (Å²) in [7, 11) is 0. The van der Waals surface area contributed by atoms with Gasteiger partial charge in [0, 0.05) is 0 Å². The van der Waals surface area contributed by atoms with Gasteiger partial charge in [-0.1, -0.05) is 18.2 Å². The van der Waals surface area contributed by atoms with Gasteiger partial charge < -0.3 is 9.47 Å². The Morgan fingerprint density at radius 1 is 1.31 bits per heavy atom. The van der Waals surface area contributed by atoms with Crippen LogP contribution in [0.5, 0.6) is 5.75 Å². The number of hydrogen-bond donors (Lipinski definition) is 0. The van der Waals surface area contributed by atoms with Crippen molar-refractivity contribution in [2.45, 2.75) is 25.6 Å². The van der Waals surface area contributed by atoms with Crippen LogP contribution in [0.3, 0.4) is 0 Å². The topological polar surface area (TPSA) is 21.8 Å². The van der Waals surface area contributed by atoms with Crippen LogP contribution in [-0.4, -0.2) is 18.3 Å². The van der Waals surface area contributed by atoms with Crippen LogP contribution in [0.4, 0.5) is 0 Å².